The summed E-state index contributed by atoms with van der Waals surface area (Å²) in [5, 5.41) is 0. The Kier molecular flexibility index (Phi) is 7.03. The molecule has 0 amide bonds. The molecule has 0 atom stereocenters. The summed E-state index contributed by atoms with van der Waals surface area (Å²) < 4.78 is 26.4. The first-order valence-electron chi connectivity index (χ1n) is 7.98. The second-order valence-electron chi connectivity index (χ2n) is 5.60. The fourth-order valence-electron chi connectivity index (χ4n) is 2.21. The van der Waals surface area contributed by atoms with Crippen molar-refractivity contribution in [2.24, 2.45) is 4.99 Å². The van der Waals surface area contributed by atoms with Gasteiger partial charge in [0.25, 0.3) is 10.1 Å². The monoisotopic (exact) mass is 359 g/mol. The molecule has 5 nitrogen and oxygen atoms in total. The van der Waals surface area contributed by atoms with Crippen LogP contribution in [0.5, 0.6) is 0 Å². The van der Waals surface area contributed by atoms with Crippen molar-refractivity contribution in [2.75, 3.05) is 12.9 Å². The quantitative estimate of drug-likeness (QED) is 0.297. The number of aryl methyl sites for hydroxylation is 1. The van der Waals surface area contributed by atoms with Crippen molar-refractivity contribution in [1.82, 2.24) is 0 Å². The molecular weight excluding hydrogens is 338 g/mol. The van der Waals surface area contributed by atoms with Gasteiger partial charge in [-0.2, -0.15) is 8.42 Å². The molecule has 2 rings (SSSR count). The van der Waals surface area contributed by atoms with E-state index in [1.54, 1.807) is 18.3 Å². The second-order valence-corrected chi connectivity index (χ2v) is 7.25. The van der Waals surface area contributed by atoms with Crippen LogP contribution in [-0.2, 0) is 20.7 Å². The molecule has 0 unspecified atom stereocenters. The Bertz CT molecular complexity index is 812. The van der Waals surface area contributed by atoms with Gasteiger partial charge in [-0.05, 0) is 30.5 Å². The number of hydrogen-bond acceptors (Lipinski definition) is 5. The summed E-state index contributed by atoms with van der Waals surface area (Å²) in [6.07, 6.45) is 4.27. The van der Waals surface area contributed by atoms with Crippen LogP contribution in [0, 0.1) is 0 Å². The van der Waals surface area contributed by atoms with Crippen LogP contribution < -0.4 is 0 Å². The molecule has 0 saturated carbocycles. The van der Waals surface area contributed by atoms with E-state index in [1.165, 1.54) is 0 Å². The van der Waals surface area contributed by atoms with Gasteiger partial charge in [0.2, 0.25) is 0 Å². The van der Waals surface area contributed by atoms with Crippen LogP contribution in [0.2, 0.25) is 0 Å². The predicted molar refractivity (Wildman–Crippen MR) is 99.1 cm³/mol. The van der Waals surface area contributed by atoms with Crippen molar-refractivity contribution in [2.45, 2.75) is 19.3 Å². The van der Waals surface area contributed by atoms with Crippen molar-refractivity contribution in [3.8, 4) is 0 Å². The highest BCUT2D eigenvalue weighted by atomic mass is 32.2. The molecule has 2 aromatic carbocycles. The summed E-state index contributed by atoms with van der Waals surface area (Å²) >= 11 is 0. The number of hydrogen-bond donors (Lipinski definition) is 0. The number of rotatable bonds is 9. The normalized spacial score (nSPS) is 11.7. The second kappa shape index (κ2) is 9.25. The van der Waals surface area contributed by atoms with Crippen molar-refractivity contribution in [3.63, 3.8) is 0 Å². The maximum Gasteiger partial charge on any atom is 0.264 e. The minimum atomic E-state index is -3.37. The van der Waals surface area contributed by atoms with Gasteiger partial charge < -0.3 is 0 Å². The van der Waals surface area contributed by atoms with Gasteiger partial charge in [0.15, 0.2) is 5.78 Å². The smallest absolute Gasteiger partial charge is 0.264 e. The molecule has 132 valence electrons. The van der Waals surface area contributed by atoms with Crippen molar-refractivity contribution < 1.29 is 17.4 Å². The van der Waals surface area contributed by atoms with E-state index in [4.69, 9.17) is 4.18 Å². The van der Waals surface area contributed by atoms with E-state index >= 15 is 0 Å². The molecule has 0 spiro atoms. The molecule has 0 saturated heterocycles. The SMILES string of the molecule is CS(=O)(=O)OCCCc1ccc(N=CCC(=O)c2ccccc2)cc1. The average Bonchev–Trinajstić information content (AvgIpc) is 2.60. The lowest BCUT2D eigenvalue weighted by atomic mass is 10.1. The van der Waals surface area contributed by atoms with Crippen LogP contribution in [0.3, 0.4) is 0 Å². The maximum atomic E-state index is 12.0. The minimum absolute atomic E-state index is 0.0341. The summed E-state index contributed by atoms with van der Waals surface area (Å²) in [6, 6.07) is 16.7. The van der Waals surface area contributed by atoms with E-state index in [1.807, 2.05) is 42.5 Å². The molecule has 0 radical (unpaired) electrons. The molecule has 0 aliphatic heterocycles. The lowest BCUT2D eigenvalue weighted by Crippen LogP contribution is -2.04. The molecule has 0 aromatic heterocycles. The molecule has 0 N–H and O–H groups in total. The van der Waals surface area contributed by atoms with Crippen molar-refractivity contribution >= 4 is 27.8 Å². The summed E-state index contributed by atoms with van der Waals surface area (Å²) in [5.74, 6) is 0.0341. The Morgan fingerprint density at radius 2 is 1.76 bits per heavy atom. The van der Waals surface area contributed by atoms with Gasteiger partial charge in [0, 0.05) is 18.2 Å². The third-order valence-electron chi connectivity index (χ3n) is 3.46. The number of carbonyl (C=O) groups is 1. The van der Waals surface area contributed by atoms with Crippen LogP contribution in [0.1, 0.15) is 28.8 Å². The zero-order chi connectivity index (χ0) is 18.1. The van der Waals surface area contributed by atoms with E-state index in [0.717, 1.165) is 23.9 Å². The number of benzene rings is 2. The number of carbonyl (C=O) groups excluding carboxylic acids is 1. The van der Waals surface area contributed by atoms with Crippen LogP contribution >= 0.6 is 0 Å². The summed E-state index contributed by atoms with van der Waals surface area (Å²) in [6.45, 7) is 0.181. The van der Waals surface area contributed by atoms with Gasteiger partial charge in [-0.1, -0.05) is 42.5 Å². The van der Waals surface area contributed by atoms with Crippen LogP contribution in [0.4, 0.5) is 5.69 Å². The van der Waals surface area contributed by atoms with Gasteiger partial charge in [-0.3, -0.25) is 14.0 Å². The third-order valence-corrected chi connectivity index (χ3v) is 4.05. The van der Waals surface area contributed by atoms with E-state index in [9.17, 15) is 13.2 Å². The average molecular weight is 359 g/mol. The fourth-order valence-corrected chi connectivity index (χ4v) is 2.63. The number of aliphatic imine (C=N–C) groups is 1. The maximum absolute atomic E-state index is 12.0. The number of nitrogens with zero attached hydrogens (tertiary/aromatic N) is 1. The molecule has 0 aliphatic carbocycles. The lowest BCUT2D eigenvalue weighted by molar-refractivity contribution is 0.100. The van der Waals surface area contributed by atoms with Crippen molar-refractivity contribution in [1.29, 1.82) is 0 Å². The Hall–Kier alpha value is -2.31. The highest BCUT2D eigenvalue weighted by Gasteiger charge is 2.03. The fraction of sp³-hybridized carbons (Fsp3) is 0.263. The molecule has 2 aromatic rings. The molecule has 25 heavy (non-hydrogen) atoms. The highest BCUT2D eigenvalue weighted by Crippen LogP contribution is 2.14. The van der Waals surface area contributed by atoms with Gasteiger partial charge in [-0.15, -0.1) is 0 Å². The molecule has 0 bridgehead atoms. The zero-order valence-electron chi connectivity index (χ0n) is 14.1. The number of ketones is 1. The largest absolute Gasteiger partial charge is 0.294 e. The van der Waals surface area contributed by atoms with Crippen LogP contribution in [0.25, 0.3) is 0 Å². The van der Waals surface area contributed by atoms with E-state index < -0.39 is 10.1 Å². The first-order chi connectivity index (χ1) is 11.9. The number of Topliss-reactive ketones (excluding diaryl/α,β-unsaturated/α-hetero) is 1. The van der Waals surface area contributed by atoms with Gasteiger partial charge in [-0.25, -0.2) is 0 Å². The molecule has 0 aliphatic rings. The van der Waals surface area contributed by atoms with Crippen LogP contribution in [0.15, 0.2) is 59.6 Å². The molecule has 6 heteroatoms. The first-order valence-corrected chi connectivity index (χ1v) is 9.80. The summed E-state index contributed by atoms with van der Waals surface area (Å²) in [5.41, 5.74) is 2.54. The summed E-state index contributed by atoms with van der Waals surface area (Å²) in [7, 11) is -3.37. The highest BCUT2D eigenvalue weighted by molar-refractivity contribution is 7.85. The summed E-state index contributed by atoms with van der Waals surface area (Å²) in [4.78, 5) is 16.3. The Morgan fingerprint density at radius 1 is 1.08 bits per heavy atom. The topological polar surface area (TPSA) is 72.8 Å². The predicted octanol–water partition coefficient (Wildman–Crippen LogP) is 3.57. The van der Waals surface area contributed by atoms with E-state index in [2.05, 4.69) is 4.99 Å². The Labute approximate surface area is 148 Å². The van der Waals surface area contributed by atoms with E-state index in [0.29, 0.717) is 12.0 Å². The van der Waals surface area contributed by atoms with Crippen molar-refractivity contribution in [3.05, 3.63) is 65.7 Å². The van der Waals surface area contributed by atoms with Gasteiger partial charge >= 0.3 is 0 Å². The van der Waals surface area contributed by atoms with E-state index in [-0.39, 0.29) is 18.8 Å². The lowest BCUT2D eigenvalue weighted by Gasteiger charge is -2.03. The molecular formula is C19H21NO4S. The third kappa shape index (κ3) is 7.41. The van der Waals surface area contributed by atoms with Gasteiger partial charge in [0.05, 0.1) is 18.6 Å². The zero-order valence-corrected chi connectivity index (χ0v) is 14.9. The molecule has 0 fully saturated rings. The van der Waals surface area contributed by atoms with Crippen LogP contribution in [-0.4, -0.2) is 33.3 Å². The standard InChI is InChI=1S/C19H21NO4S/c1-25(22,23)24-15-5-6-16-9-11-18(12-10-16)20-14-13-19(21)17-7-3-2-4-8-17/h2-4,7-12,14H,5-6,13,15H2,1H3. The molecule has 0 heterocycles. The first kappa shape index (κ1) is 19.0. The Balaban J connectivity index is 1.79. The minimum Gasteiger partial charge on any atom is -0.294 e. The Morgan fingerprint density at radius 3 is 2.40 bits per heavy atom. The van der Waals surface area contributed by atoms with Gasteiger partial charge in [0.1, 0.15) is 0 Å².